The molecule has 0 aliphatic carbocycles. The Kier molecular flexibility index (Phi) is 4.27. The Morgan fingerprint density at radius 3 is 3.11 bits per heavy atom. The number of aliphatic hydroxyl groups is 1. The molecule has 2 aliphatic rings. The zero-order chi connectivity index (χ0) is 11.8. The van der Waals surface area contributed by atoms with Crippen LogP contribution in [0.1, 0.15) is 16.9 Å². The summed E-state index contributed by atoms with van der Waals surface area (Å²) in [5.74, 6) is 0.137. The first-order valence-corrected chi connectivity index (χ1v) is 6.87. The molecule has 6 heteroatoms. The van der Waals surface area contributed by atoms with E-state index in [0.29, 0.717) is 13.0 Å². The average Bonchev–Trinajstić information content (AvgIpc) is 2.95. The van der Waals surface area contributed by atoms with E-state index in [1.807, 2.05) is 4.90 Å². The number of nitrogens with one attached hydrogen (secondary N) is 1. The van der Waals surface area contributed by atoms with Crippen LogP contribution < -0.4 is 5.32 Å². The smallest absolute Gasteiger partial charge is 0.240 e. The van der Waals surface area contributed by atoms with Crippen LogP contribution in [0.5, 0.6) is 0 Å². The molecule has 18 heavy (non-hydrogen) atoms. The van der Waals surface area contributed by atoms with Gasteiger partial charge in [-0.25, -0.2) is 0 Å². The molecule has 2 atom stereocenters. The molecule has 4 nitrogen and oxygen atoms in total. The first-order chi connectivity index (χ1) is 8.24. The molecular formula is C12H17ClN2O2S. The monoisotopic (exact) mass is 288 g/mol. The van der Waals surface area contributed by atoms with E-state index < -0.39 is 0 Å². The van der Waals surface area contributed by atoms with Crippen molar-refractivity contribution in [2.24, 2.45) is 0 Å². The molecule has 2 unspecified atom stereocenters. The number of thiophene rings is 1. The summed E-state index contributed by atoms with van der Waals surface area (Å²) in [4.78, 5) is 15.6. The first-order valence-electron chi connectivity index (χ1n) is 5.99. The number of fused-ring (bicyclic) bond motifs is 1. The highest BCUT2D eigenvalue weighted by atomic mass is 35.5. The Morgan fingerprint density at radius 1 is 1.56 bits per heavy atom. The standard InChI is InChI=1S/C12H16N2O2S.ClH/c15-9-5-10(13-6-9)12(16)14-3-1-11-8(7-14)2-4-17-11;/h2,4,9-10,13,15H,1,3,5-7H2;1H. The van der Waals surface area contributed by atoms with Crippen molar-refractivity contribution in [3.63, 3.8) is 0 Å². The lowest BCUT2D eigenvalue weighted by atomic mass is 10.1. The van der Waals surface area contributed by atoms with Gasteiger partial charge in [0.05, 0.1) is 12.1 Å². The molecule has 1 saturated heterocycles. The van der Waals surface area contributed by atoms with Gasteiger partial charge in [0.15, 0.2) is 0 Å². The molecule has 100 valence electrons. The summed E-state index contributed by atoms with van der Waals surface area (Å²) < 4.78 is 0. The van der Waals surface area contributed by atoms with Crippen LogP contribution in [-0.2, 0) is 17.8 Å². The second-order valence-electron chi connectivity index (χ2n) is 4.73. The fourth-order valence-electron chi connectivity index (χ4n) is 2.56. The molecule has 1 aromatic heterocycles. The van der Waals surface area contributed by atoms with Gasteiger partial charge in [-0.15, -0.1) is 23.7 Å². The molecule has 3 rings (SSSR count). The molecule has 0 bridgehead atoms. The number of carbonyl (C=O) groups excluding carboxylic acids is 1. The van der Waals surface area contributed by atoms with E-state index in [1.54, 1.807) is 11.3 Å². The van der Waals surface area contributed by atoms with Crippen molar-refractivity contribution in [1.82, 2.24) is 10.2 Å². The normalized spacial score (nSPS) is 26.6. The van der Waals surface area contributed by atoms with Gasteiger partial charge in [0, 0.05) is 24.5 Å². The van der Waals surface area contributed by atoms with Gasteiger partial charge >= 0.3 is 0 Å². The van der Waals surface area contributed by atoms with Gasteiger partial charge in [-0.3, -0.25) is 4.79 Å². The lowest BCUT2D eigenvalue weighted by Gasteiger charge is -2.29. The molecule has 1 fully saturated rings. The second-order valence-corrected chi connectivity index (χ2v) is 5.73. The zero-order valence-corrected chi connectivity index (χ0v) is 11.6. The molecular weight excluding hydrogens is 272 g/mol. The molecule has 0 radical (unpaired) electrons. The van der Waals surface area contributed by atoms with E-state index in [4.69, 9.17) is 0 Å². The minimum absolute atomic E-state index is 0. The number of rotatable bonds is 1. The van der Waals surface area contributed by atoms with Crippen molar-refractivity contribution in [2.75, 3.05) is 13.1 Å². The summed E-state index contributed by atoms with van der Waals surface area (Å²) in [5.41, 5.74) is 1.29. The van der Waals surface area contributed by atoms with Gasteiger partial charge in [0.2, 0.25) is 5.91 Å². The van der Waals surface area contributed by atoms with Crippen molar-refractivity contribution in [2.45, 2.75) is 31.5 Å². The van der Waals surface area contributed by atoms with Crippen LogP contribution in [0.2, 0.25) is 0 Å². The maximum atomic E-state index is 12.2. The molecule has 2 N–H and O–H groups in total. The minimum Gasteiger partial charge on any atom is -0.392 e. The largest absolute Gasteiger partial charge is 0.392 e. The lowest BCUT2D eigenvalue weighted by Crippen LogP contribution is -2.45. The van der Waals surface area contributed by atoms with Crippen molar-refractivity contribution < 1.29 is 9.90 Å². The number of hydrogen-bond acceptors (Lipinski definition) is 4. The van der Waals surface area contributed by atoms with Crippen LogP contribution in [0.3, 0.4) is 0 Å². The lowest BCUT2D eigenvalue weighted by molar-refractivity contribution is -0.134. The summed E-state index contributed by atoms with van der Waals surface area (Å²) in [6.45, 7) is 2.07. The van der Waals surface area contributed by atoms with Gasteiger partial charge in [-0.1, -0.05) is 0 Å². The second kappa shape index (κ2) is 5.57. The fraction of sp³-hybridized carbons (Fsp3) is 0.583. The van der Waals surface area contributed by atoms with Crippen molar-refractivity contribution in [1.29, 1.82) is 0 Å². The topological polar surface area (TPSA) is 52.6 Å². The number of carbonyl (C=O) groups is 1. The Labute approximate surface area is 116 Å². The zero-order valence-electron chi connectivity index (χ0n) is 9.96. The van der Waals surface area contributed by atoms with Crippen molar-refractivity contribution in [3.8, 4) is 0 Å². The summed E-state index contributed by atoms with van der Waals surface area (Å²) in [5, 5.41) is 14.6. The summed E-state index contributed by atoms with van der Waals surface area (Å²) >= 11 is 1.78. The van der Waals surface area contributed by atoms with E-state index in [0.717, 1.165) is 19.5 Å². The molecule has 0 spiro atoms. The Hall–Kier alpha value is -0.620. The predicted octanol–water partition coefficient (Wildman–Crippen LogP) is 0.777. The van der Waals surface area contributed by atoms with E-state index in [9.17, 15) is 9.90 Å². The van der Waals surface area contributed by atoms with E-state index in [-0.39, 0.29) is 30.5 Å². The third-order valence-electron chi connectivity index (χ3n) is 3.53. The molecule has 0 saturated carbocycles. The van der Waals surface area contributed by atoms with Crippen LogP contribution >= 0.6 is 23.7 Å². The highest BCUT2D eigenvalue weighted by molar-refractivity contribution is 7.10. The van der Waals surface area contributed by atoms with E-state index in [2.05, 4.69) is 16.8 Å². The quantitative estimate of drug-likeness (QED) is 0.803. The maximum absolute atomic E-state index is 12.2. The number of hydrogen-bond donors (Lipinski definition) is 2. The fourth-order valence-corrected chi connectivity index (χ4v) is 3.45. The maximum Gasteiger partial charge on any atom is 0.240 e. The van der Waals surface area contributed by atoms with Crippen LogP contribution in [0, 0.1) is 0 Å². The molecule has 3 heterocycles. The van der Waals surface area contributed by atoms with Crippen molar-refractivity contribution in [3.05, 3.63) is 21.9 Å². The Balaban J connectivity index is 0.00000120. The highest BCUT2D eigenvalue weighted by Gasteiger charge is 2.32. The number of amides is 1. The van der Waals surface area contributed by atoms with Crippen LogP contribution in [0.4, 0.5) is 0 Å². The third kappa shape index (κ3) is 2.54. The SMILES string of the molecule is Cl.O=C(C1CC(O)CN1)N1CCc2sccc2C1. The predicted molar refractivity (Wildman–Crippen MR) is 73.1 cm³/mol. The molecule has 0 aromatic carbocycles. The van der Waals surface area contributed by atoms with Gasteiger partial charge < -0.3 is 15.3 Å². The number of aliphatic hydroxyl groups excluding tert-OH is 1. The average molecular weight is 289 g/mol. The van der Waals surface area contributed by atoms with Crippen LogP contribution in [0.25, 0.3) is 0 Å². The number of halogens is 1. The van der Waals surface area contributed by atoms with Crippen molar-refractivity contribution >= 4 is 29.7 Å². The summed E-state index contributed by atoms with van der Waals surface area (Å²) in [6.07, 6.45) is 1.14. The van der Waals surface area contributed by atoms with Gasteiger partial charge in [-0.2, -0.15) is 0 Å². The molecule has 1 amide bonds. The summed E-state index contributed by atoms with van der Waals surface area (Å²) in [6, 6.07) is 1.92. The van der Waals surface area contributed by atoms with Gasteiger partial charge in [0.1, 0.15) is 0 Å². The molecule has 2 aliphatic heterocycles. The van der Waals surface area contributed by atoms with Crippen LogP contribution in [0.15, 0.2) is 11.4 Å². The highest BCUT2D eigenvalue weighted by Crippen LogP contribution is 2.25. The Morgan fingerprint density at radius 2 is 2.39 bits per heavy atom. The third-order valence-corrected chi connectivity index (χ3v) is 4.55. The number of nitrogens with zero attached hydrogens (tertiary/aromatic N) is 1. The molecule has 1 aromatic rings. The van der Waals surface area contributed by atoms with E-state index >= 15 is 0 Å². The minimum atomic E-state index is -0.370. The first kappa shape index (κ1) is 13.8. The number of β-amino-alcohol motifs (C(OH)–C–C–N with tert-alkyl or cyclic N) is 1. The van der Waals surface area contributed by atoms with Gasteiger partial charge in [0.25, 0.3) is 0 Å². The van der Waals surface area contributed by atoms with Gasteiger partial charge in [-0.05, 0) is 29.9 Å². The summed E-state index contributed by atoms with van der Waals surface area (Å²) in [7, 11) is 0. The van der Waals surface area contributed by atoms with E-state index in [1.165, 1.54) is 10.4 Å². The Bertz CT molecular complexity index is 437. The van der Waals surface area contributed by atoms with Crippen LogP contribution in [-0.4, -0.2) is 41.1 Å².